The molecule has 0 bridgehead atoms. The van der Waals surface area contributed by atoms with Crippen LogP contribution in [0.15, 0.2) is 12.4 Å². The van der Waals surface area contributed by atoms with E-state index in [0.717, 1.165) is 0 Å². The van der Waals surface area contributed by atoms with Crippen molar-refractivity contribution in [1.29, 1.82) is 5.26 Å². The van der Waals surface area contributed by atoms with Gasteiger partial charge in [-0.15, -0.1) is 0 Å². The Kier molecular flexibility index (Phi) is 4.12. The number of hydrogen-bond donors (Lipinski definition) is 0. The minimum Gasteiger partial charge on any atom is -0.490 e. The van der Waals surface area contributed by atoms with Crippen molar-refractivity contribution in [3.8, 4) is 11.8 Å². The summed E-state index contributed by atoms with van der Waals surface area (Å²) in [6.07, 6.45) is 1.76. The zero-order chi connectivity index (χ0) is 15.6. The number of hydrogen-bond acceptors (Lipinski definition) is 4. The van der Waals surface area contributed by atoms with Gasteiger partial charge in [0, 0.05) is 18.0 Å². The van der Waals surface area contributed by atoms with E-state index in [1.54, 1.807) is 24.9 Å². The van der Waals surface area contributed by atoms with E-state index >= 15 is 0 Å². The van der Waals surface area contributed by atoms with E-state index in [1.165, 1.54) is 13.1 Å². The zero-order valence-electron chi connectivity index (χ0n) is 12.4. The van der Waals surface area contributed by atoms with Gasteiger partial charge in [0.25, 0.3) is 0 Å². The molecule has 1 aromatic rings. The van der Waals surface area contributed by atoms with Crippen LogP contribution in [0.25, 0.3) is 0 Å². The number of carbonyl (C=O) groups is 1. The highest BCUT2D eigenvalue weighted by molar-refractivity contribution is 5.82. The highest BCUT2D eigenvalue weighted by Crippen LogP contribution is 2.30. The van der Waals surface area contributed by atoms with Gasteiger partial charge < -0.3 is 9.64 Å². The lowest BCUT2D eigenvalue weighted by Gasteiger charge is -2.31. The van der Waals surface area contributed by atoms with E-state index < -0.39 is 11.6 Å². The van der Waals surface area contributed by atoms with Crippen molar-refractivity contribution in [2.24, 2.45) is 5.41 Å². The molecule has 5 nitrogen and oxygen atoms in total. The van der Waals surface area contributed by atoms with Crippen molar-refractivity contribution in [2.75, 3.05) is 13.2 Å². The second-order valence-corrected chi connectivity index (χ2v) is 5.70. The van der Waals surface area contributed by atoms with Gasteiger partial charge in [0.1, 0.15) is 30.2 Å². The molecule has 0 radical (unpaired) electrons. The van der Waals surface area contributed by atoms with Gasteiger partial charge in [-0.2, -0.15) is 5.26 Å². The van der Waals surface area contributed by atoms with Crippen LogP contribution < -0.4 is 4.74 Å². The average Bonchev–Trinajstić information content (AvgIpc) is 2.67. The summed E-state index contributed by atoms with van der Waals surface area (Å²) in [5.41, 5.74) is -0.0766. The predicted molar refractivity (Wildman–Crippen MR) is 74.2 cm³/mol. The Morgan fingerprint density at radius 1 is 1.57 bits per heavy atom. The number of ether oxygens (including phenoxy) is 1. The molecule has 2 heterocycles. The summed E-state index contributed by atoms with van der Waals surface area (Å²) in [7, 11) is 0. The van der Waals surface area contributed by atoms with E-state index in [2.05, 4.69) is 4.98 Å². The molecule has 2 rings (SSSR count). The lowest BCUT2D eigenvalue weighted by atomic mass is 9.86. The summed E-state index contributed by atoms with van der Waals surface area (Å²) >= 11 is 0. The molecular formula is C15H18FN3O2. The van der Waals surface area contributed by atoms with Crippen LogP contribution in [0.4, 0.5) is 4.39 Å². The smallest absolute Gasteiger partial charge is 0.231 e. The molecule has 1 atom stereocenters. The molecule has 0 aliphatic carbocycles. The number of amides is 1. The first-order valence-electron chi connectivity index (χ1n) is 6.81. The van der Waals surface area contributed by atoms with E-state index in [-0.39, 0.29) is 19.1 Å². The third-order valence-electron chi connectivity index (χ3n) is 3.89. The van der Waals surface area contributed by atoms with Crippen molar-refractivity contribution in [2.45, 2.75) is 33.5 Å². The third kappa shape index (κ3) is 2.82. The Balaban J connectivity index is 2.30. The van der Waals surface area contributed by atoms with Crippen LogP contribution in [0.5, 0.6) is 5.75 Å². The number of pyridine rings is 1. The van der Waals surface area contributed by atoms with Gasteiger partial charge in [-0.05, 0) is 20.8 Å². The summed E-state index contributed by atoms with van der Waals surface area (Å²) in [6.45, 7) is 5.47. The Morgan fingerprint density at radius 3 is 2.90 bits per heavy atom. The molecule has 1 aliphatic rings. The maximum Gasteiger partial charge on any atom is 0.231 e. The molecule has 0 N–H and O–H groups in total. The monoisotopic (exact) mass is 291 g/mol. The molecule has 6 heteroatoms. The zero-order valence-corrected chi connectivity index (χ0v) is 12.4. The highest BCUT2D eigenvalue weighted by atomic mass is 19.1. The molecule has 1 aromatic heterocycles. The minimum atomic E-state index is -1.25. The summed E-state index contributed by atoms with van der Waals surface area (Å²) in [5.74, 6) is 0.199. The van der Waals surface area contributed by atoms with Crippen molar-refractivity contribution < 1.29 is 13.9 Å². The molecule has 0 aromatic carbocycles. The lowest BCUT2D eigenvalue weighted by molar-refractivity contribution is -0.144. The Morgan fingerprint density at radius 2 is 2.29 bits per heavy atom. The number of halogens is 1. The van der Waals surface area contributed by atoms with Crippen LogP contribution in [0.3, 0.4) is 0 Å². The number of nitriles is 1. The quantitative estimate of drug-likeness (QED) is 0.836. The lowest BCUT2D eigenvalue weighted by Crippen LogP contribution is -2.45. The molecule has 0 fully saturated rings. The van der Waals surface area contributed by atoms with E-state index in [4.69, 9.17) is 10.00 Å². The molecule has 1 amide bonds. The molecule has 0 spiro atoms. The molecular weight excluding hydrogens is 273 g/mol. The summed E-state index contributed by atoms with van der Waals surface area (Å²) in [5, 5.41) is 9.06. The maximum absolute atomic E-state index is 13.7. The Labute approximate surface area is 123 Å². The van der Waals surface area contributed by atoms with Crippen LogP contribution in [0.1, 0.15) is 31.9 Å². The SMILES string of the molecule is C[C@H](F)C(C)(C)C(=O)N1CCOc2c(C#N)cncc2C1. The first-order valence-corrected chi connectivity index (χ1v) is 6.81. The predicted octanol–water partition coefficient (Wildman–Crippen LogP) is 2.06. The Bertz CT molecular complexity index is 593. The number of aromatic nitrogens is 1. The molecule has 112 valence electrons. The standard InChI is InChI=1S/C15H18FN3O2/c1-10(16)15(2,3)14(20)19-4-5-21-13-11(6-17)7-18-8-12(13)9-19/h7-8,10H,4-5,9H2,1-3H3/t10-/m0/s1. The third-order valence-corrected chi connectivity index (χ3v) is 3.89. The number of alkyl halides is 1. The first-order chi connectivity index (χ1) is 9.87. The van der Waals surface area contributed by atoms with Crippen LogP contribution in [0.2, 0.25) is 0 Å². The number of fused-ring (bicyclic) bond motifs is 1. The van der Waals surface area contributed by atoms with Crippen LogP contribution >= 0.6 is 0 Å². The number of carbonyl (C=O) groups excluding carboxylic acids is 1. The second-order valence-electron chi connectivity index (χ2n) is 5.70. The van der Waals surface area contributed by atoms with Crippen molar-refractivity contribution in [1.82, 2.24) is 9.88 Å². The molecule has 0 unspecified atom stereocenters. The fourth-order valence-electron chi connectivity index (χ4n) is 2.15. The van der Waals surface area contributed by atoms with E-state index in [0.29, 0.717) is 23.4 Å². The topological polar surface area (TPSA) is 66.2 Å². The largest absolute Gasteiger partial charge is 0.490 e. The summed E-state index contributed by atoms with van der Waals surface area (Å²) in [6, 6.07) is 2.02. The maximum atomic E-state index is 13.7. The number of rotatable bonds is 2. The number of nitrogens with zero attached hydrogens (tertiary/aromatic N) is 3. The van der Waals surface area contributed by atoms with E-state index in [9.17, 15) is 9.18 Å². The van der Waals surface area contributed by atoms with E-state index in [1.807, 2.05) is 6.07 Å². The molecule has 1 aliphatic heterocycles. The van der Waals surface area contributed by atoms with Crippen molar-refractivity contribution in [3.63, 3.8) is 0 Å². The molecule has 0 saturated carbocycles. The van der Waals surface area contributed by atoms with Gasteiger partial charge >= 0.3 is 0 Å². The van der Waals surface area contributed by atoms with Gasteiger partial charge in [0.2, 0.25) is 5.91 Å². The molecule has 0 saturated heterocycles. The highest BCUT2D eigenvalue weighted by Gasteiger charge is 2.38. The summed E-state index contributed by atoms with van der Waals surface area (Å²) in [4.78, 5) is 18.1. The van der Waals surface area contributed by atoms with Crippen LogP contribution in [-0.4, -0.2) is 35.1 Å². The van der Waals surface area contributed by atoms with Gasteiger partial charge in [0.05, 0.1) is 18.5 Å². The van der Waals surface area contributed by atoms with Crippen LogP contribution in [0, 0.1) is 16.7 Å². The Hall–Kier alpha value is -2.16. The van der Waals surface area contributed by atoms with Gasteiger partial charge in [-0.25, -0.2) is 4.39 Å². The fraction of sp³-hybridized carbons (Fsp3) is 0.533. The fourth-order valence-corrected chi connectivity index (χ4v) is 2.15. The van der Waals surface area contributed by atoms with Gasteiger partial charge in [-0.3, -0.25) is 9.78 Å². The first kappa shape index (κ1) is 15.2. The minimum absolute atomic E-state index is 0.267. The average molecular weight is 291 g/mol. The second kappa shape index (κ2) is 5.68. The van der Waals surface area contributed by atoms with Crippen LogP contribution in [-0.2, 0) is 11.3 Å². The van der Waals surface area contributed by atoms with Crippen molar-refractivity contribution >= 4 is 5.91 Å². The van der Waals surface area contributed by atoms with Crippen molar-refractivity contribution in [3.05, 3.63) is 23.5 Å². The normalized spacial score (nSPS) is 16.2. The summed E-state index contributed by atoms with van der Waals surface area (Å²) < 4.78 is 19.2. The molecule has 21 heavy (non-hydrogen) atoms. The van der Waals surface area contributed by atoms with Gasteiger partial charge in [0.15, 0.2) is 0 Å². The van der Waals surface area contributed by atoms with Gasteiger partial charge in [-0.1, -0.05) is 0 Å².